The molecule has 0 atom stereocenters. The van der Waals surface area contributed by atoms with E-state index in [1.807, 2.05) is 0 Å². The van der Waals surface area contributed by atoms with Crippen LogP contribution in [0.1, 0.15) is 4.88 Å². The van der Waals surface area contributed by atoms with Gasteiger partial charge in [-0.15, -0.1) is 16.2 Å². The highest BCUT2D eigenvalue weighted by Gasteiger charge is 2.16. The molecule has 0 spiro atoms. The van der Waals surface area contributed by atoms with Gasteiger partial charge in [-0.05, 0) is 11.4 Å². The van der Waals surface area contributed by atoms with Crippen molar-refractivity contribution in [3.05, 3.63) is 27.3 Å². The highest BCUT2D eigenvalue weighted by atomic mass is 32.1. The van der Waals surface area contributed by atoms with E-state index in [4.69, 9.17) is 0 Å². The van der Waals surface area contributed by atoms with Gasteiger partial charge in [-0.25, -0.2) is 0 Å². The van der Waals surface area contributed by atoms with Crippen molar-refractivity contribution in [1.82, 2.24) is 9.91 Å². The second kappa shape index (κ2) is 4.52. The average molecular weight is 211 g/mol. The molecular weight excluding hydrogens is 198 g/mol. The number of rotatable bonds is 3. The maximum Gasteiger partial charge on any atom is 0.0524 e. The molecule has 0 amide bonds. The molecule has 0 aromatic carbocycles. The predicted molar refractivity (Wildman–Crippen MR) is 57.0 cm³/mol. The van der Waals surface area contributed by atoms with Crippen molar-refractivity contribution in [3.63, 3.8) is 0 Å². The third-order valence-electron chi connectivity index (χ3n) is 2.42. The molecule has 1 saturated heterocycles. The number of nitroso groups, excluding NO2 is 1. The molecular formula is C9H13N3OS. The fraction of sp³-hybridized carbons (Fsp3) is 0.556. The van der Waals surface area contributed by atoms with Gasteiger partial charge in [0, 0.05) is 24.5 Å². The van der Waals surface area contributed by atoms with Crippen LogP contribution in [0, 0.1) is 4.91 Å². The lowest BCUT2D eigenvalue weighted by Gasteiger charge is -2.30. The minimum Gasteiger partial charge on any atom is -0.295 e. The Bertz CT molecular complexity index is 280. The van der Waals surface area contributed by atoms with Gasteiger partial charge in [0.15, 0.2) is 0 Å². The largest absolute Gasteiger partial charge is 0.295 e. The smallest absolute Gasteiger partial charge is 0.0524 e. The summed E-state index contributed by atoms with van der Waals surface area (Å²) in [5.41, 5.74) is 0. The number of thiophene rings is 1. The molecule has 5 heteroatoms. The van der Waals surface area contributed by atoms with Crippen LogP contribution >= 0.6 is 11.3 Å². The Labute approximate surface area is 87.1 Å². The van der Waals surface area contributed by atoms with Gasteiger partial charge in [0.2, 0.25) is 0 Å². The van der Waals surface area contributed by atoms with Crippen LogP contribution in [0.2, 0.25) is 0 Å². The van der Waals surface area contributed by atoms with E-state index in [1.165, 1.54) is 4.88 Å². The zero-order chi connectivity index (χ0) is 9.80. The molecule has 4 nitrogen and oxygen atoms in total. The molecule has 0 N–H and O–H groups in total. The third kappa shape index (κ3) is 2.30. The van der Waals surface area contributed by atoms with Gasteiger partial charge < -0.3 is 0 Å². The van der Waals surface area contributed by atoms with Gasteiger partial charge in [-0.1, -0.05) is 6.07 Å². The quantitative estimate of drug-likeness (QED) is 0.712. The molecule has 1 aliphatic heterocycles. The van der Waals surface area contributed by atoms with Crippen LogP contribution in [0.25, 0.3) is 0 Å². The van der Waals surface area contributed by atoms with E-state index in [0.717, 1.165) is 32.7 Å². The molecule has 14 heavy (non-hydrogen) atoms. The van der Waals surface area contributed by atoms with Crippen LogP contribution in [-0.4, -0.2) is 36.1 Å². The molecule has 1 aromatic rings. The molecule has 2 rings (SSSR count). The summed E-state index contributed by atoms with van der Waals surface area (Å²) in [6.45, 7) is 4.39. The highest BCUT2D eigenvalue weighted by molar-refractivity contribution is 7.09. The summed E-state index contributed by atoms with van der Waals surface area (Å²) in [6, 6.07) is 4.22. The van der Waals surface area contributed by atoms with E-state index < -0.39 is 0 Å². The van der Waals surface area contributed by atoms with Crippen LogP contribution in [0.15, 0.2) is 22.8 Å². The minimum atomic E-state index is 0.759. The Morgan fingerprint density at radius 1 is 1.36 bits per heavy atom. The van der Waals surface area contributed by atoms with Gasteiger partial charge >= 0.3 is 0 Å². The Balaban J connectivity index is 1.81. The maximum atomic E-state index is 10.2. The van der Waals surface area contributed by atoms with Crippen molar-refractivity contribution >= 4 is 11.3 Å². The fourth-order valence-corrected chi connectivity index (χ4v) is 2.35. The second-order valence-corrected chi connectivity index (χ2v) is 4.42. The molecule has 0 saturated carbocycles. The SMILES string of the molecule is O=NN1CCN(Cc2cccs2)CC1. The standard InChI is InChI=1S/C9H13N3OS/c13-10-12-5-3-11(4-6-12)8-9-2-1-7-14-9/h1-2,7H,3-6,8H2. The van der Waals surface area contributed by atoms with Gasteiger partial charge in [0.25, 0.3) is 0 Å². The zero-order valence-corrected chi connectivity index (χ0v) is 8.74. The first-order chi connectivity index (χ1) is 6.88. The number of hydrogen-bond donors (Lipinski definition) is 0. The lowest BCUT2D eigenvalue weighted by molar-refractivity contribution is 0.130. The zero-order valence-electron chi connectivity index (χ0n) is 7.93. The summed E-state index contributed by atoms with van der Waals surface area (Å²) in [5.74, 6) is 0. The van der Waals surface area contributed by atoms with Gasteiger partial charge in [0.05, 0.1) is 18.4 Å². The van der Waals surface area contributed by atoms with Crippen molar-refractivity contribution in [3.8, 4) is 0 Å². The molecule has 0 bridgehead atoms. The van der Waals surface area contributed by atoms with Crippen LogP contribution in [0.3, 0.4) is 0 Å². The van der Waals surface area contributed by atoms with Crippen LogP contribution in [0.4, 0.5) is 0 Å². The molecule has 1 aromatic heterocycles. The van der Waals surface area contributed by atoms with Crippen molar-refractivity contribution in [2.45, 2.75) is 6.54 Å². The van der Waals surface area contributed by atoms with Gasteiger partial charge in [0.1, 0.15) is 0 Å². The van der Waals surface area contributed by atoms with Crippen molar-refractivity contribution in [2.75, 3.05) is 26.2 Å². The summed E-state index contributed by atoms with van der Waals surface area (Å²) < 4.78 is 0. The molecule has 76 valence electrons. The molecule has 1 fully saturated rings. The number of nitrogens with zero attached hydrogens (tertiary/aromatic N) is 3. The van der Waals surface area contributed by atoms with E-state index in [2.05, 4.69) is 27.7 Å². The Kier molecular flexibility index (Phi) is 3.10. The molecule has 0 aliphatic carbocycles. The van der Waals surface area contributed by atoms with E-state index >= 15 is 0 Å². The second-order valence-electron chi connectivity index (χ2n) is 3.39. The summed E-state index contributed by atoms with van der Waals surface area (Å²) in [4.78, 5) is 14.0. The van der Waals surface area contributed by atoms with Gasteiger partial charge in [-0.2, -0.15) is 0 Å². The fourth-order valence-electron chi connectivity index (χ4n) is 1.60. The summed E-state index contributed by atoms with van der Waals surface area (Å²) in [6.07, 6.45) is 0. The highest BCUT2D eigenvalue weighted by Crippen LogP contribution is 2.13. The van der Waals surface area contributed by atoms with Crippen LogP contribution in [-0.2, 0) is 6.54 Å². The summed E-state index contributed by atoms with van der Waals surface area (Å²) in [7, 11) is 0. The predicted octanol–water partition coefficient (Wildman–Crippen LogP) is 1.55. The minimum absolute atomic E-state index is 0.759. The monoisotopic (exact) mass is 211 g/mol. The lowest BCUT2D eigenvalue weighted by Crippen LogP contribution is -2.43. The van der Waals surface area contributed by atoms with Crippen molar-refractivity contribution < 1.29 is 0 Å². The van der Waals surface area contributed by atoms with E-state index in [-0.39, 0.29) is 0 Å². The topological polar surface area (TPSA) is 35.9 Å². The summed E-state index contributed by atoms with van der Waals surface area (Å²) in [5, 5.41) is 6.62. The Hall–Kier alpha value is -0.940. The summed E-state index contributed by atoms with van der Waals surface area (Å²) >= 11 is 1.78. The first-order valence-electron chi connectivity index (χ1n) is 4.71. The molecule has 0 unspecified atom stereocenters. The lowest BCUT2D eigenvalue weighted by atomic mass is 10.3. The van der Waals surface area contributed by atoms with Crippen molar-refractivity contribution in [1.29, 1.82) is 0 Å². The van der Waals surface area contributed by atoms with Crippen LogP contribution in [0.5, 0.6) is 0 Å². The maximum absolute atomic E-state index is 10.2. The first-order valence-corrected chi connectivity index (χ1v) is 5.59. The normalized spacial score (nSPS) is 18.4. The van der Waals surface area contributed by atoms with E-state index in [9.17, 15) is 4.91 Å². The third-order valence-corrected chi connectivity index (χ3v) is 3.28. The first kappa shape index (κ1) is 9.61. The Morgan fingerprint density at radius 2 is 2.14 bits per heavy atom. The van der Waals surface area contributed by atoms with E-state index in [1.54, 1.807) is 16.3 Å². The van der Waals surface area contributed by atoms with Crippen LogP contribution < -0.4 is 0 Å². The molecule has 0 radical (unpaired) electrons. The molecule has 2 heterocycles. The average Bonchev–Trinajstić information content (AvgIpc) is 2.72. The van der Waals surface area contributed by atoms with Gasteiger partial charge in [-0.3, -0.25) is 9.91 Å². The Morgan fingerprint density at radius 3 is 2.71 bits per heavy atom. The van der Waals surface area contributed by atoms with E-state index in [0.29, 0.717) is 0 Å². The molecule has 1 aliphatic rings. The number of hydrogen-bond acceptors (Lipinski definition) is 4. The number of piperazine rings is 1. The van der Waals surface area contributed by atoms with Crippen molar-refractivity contribution in [2.24, 2.45) is 5.29 Å².